The van der Waals surface area contributed by atoms with Crippen LogP contribution in [0.15, 0.2) is 0 Å². The van der Waals surface area contributed by atoms with E-state index in [4.69, 9.17) is 10.7 Å². The summed E-state index contributed by atoms with van der Waals surface area (Å²) in [5, 5.41) is 1.32. The number of thiazole rings is 1. The Hall–Kier alpha value is -0.410. The molecule has 0 radical (unpaired) electrons. The first-order chi connectivity index (χ1) is 6.52. The number of nitrogens with two attached hydrogens (primary N) is 1. The standard InChI is InChI=1S/C11H18N2S/c1-4-8-9(11(2,3)12)14-10(13-8)7-5-6-7/h7H,4-6,12H2,1-3H3. The van der Waals surface area contributed by atoms with Crippen molar-refractivity contribution in [1.29, 1.82) is 0 Å². The lowest BCUT2D eigenvalue weighted by atomic mass is 10.0. The quantitative estimate of drug-likeness (QED) is 0.833. The zero-order chi connectivity index (χ0) is 10.3. The molecular weight excluding hydrogens is 192 g/mol. The molecule has 2 rings (SSSR count). The third kappa shape index (κ3) is 1.84. The molecule has 0 atom stereocenters. The summed E-state index contributed by atoms with van der Waals surface area (Å²) in [4.78, 5) is 5.98. The van der Waals surface area contributed by atoms with E-state index in [2.05, 4.69) is 20.8 Å². The van der Waals surface area contributed by atoms with Gasteiger partial charge in [-0.1, -0.05) is 6.92 Å². The molecule has 1 aliphatic rings. The van der Waals surface area contributed by atoms with E-state index in [1.165, 1.54) is 28.4 Å². The van der Waals surface area contributed by atoms with E-state index in [0.717, 1.165) is 12.3 Å². The maximum absolute atomic E-state index is 6.14. The SMILES string of the molecule is CCc1nc(C2CC2)sc1C(C)(C)N. The molecule has 0 aromatic carbocycles. The van der Waals surface area contributed by atoms with Crippen LogP contribution in [-0.4, -0.2) is 4.98 Å². The number of hydrogen-bond acceptors (Lipinski definition) is 3. The Morgan fingerprint density at radius 1 is 1.50 bits per heavy atom. The van der Waals surface area contributed by atoms with Crippen LogP contribution in [0.1, 0.15) is 55.1 Å². The molecule has 0 saturated heterocycles. The molecule has 14 heavy (non-hydrogen) atoms. The highest BCUT2D eigenvalue weighted by molar-refractivity contribution is 7.12. The van der Waals surface area contributed by atoms with Crippen molar-refractivity contribution in [3.8, 4) is 0 Å². The average molecular weight is 210 g/mol. The second-order valence-corrected chi connectivity index (χ2v) is 5.71. The summed E-state index contributed by atoms with van der Waals surface area (Å²) in [5.41, 5.74) is 7.12. The van der Waals surface area contributed by atoms with Gasteiger partial charge in [0.05, 0.1) is 10.7 Å². The van der Waals surface area contributed by atoms with Crippen LogP contribution in [0.4, 0.5) is 0 Å². The maximum Gasteiger partial charge on any atom is 0.0962 e. The second-order valence-electron chi connectivity index (χ2n) is 4.68. The molecule has 1 fully saturated rings. The summed E-state index contributed by atoms with van der Waals surface area (Å²) in [6, 6.07) is 0. The lowest BCUT2D eigenvalue weighted by Crippen LogP contribution is -2.28. The summed E-state index contributed by atoms with van der Waals surface area (Å²) in [6.07, 6.45) is 3.64. The molecule has 0 spiro atoms. The van der Waals surface area contributed by atoms with Gasteiger partial charge >= 0.3 is 0 Å². The first-order valence-corrected chi connectivity index (χ1v) is 6.13. The van der Waals surface area contributed by atoms with Crippen molar-refractivity contribution in [2.75, 3.05) is 0 Å². The van der Waals surface area contributed by atoms with Gasteiger partial charge < -0.3 is 5.73 Å². The predicted octanol–water partition coefficient (Wildman–Crippen LogP) is 2.78. The van der Waals surface area contributed by atoms with Crippen LogP contribution in [0.2, 0.25) is 0 Å². The van der Waals surface area contributed by atoms with E-state index < -0.39 is 0 Å². The van der Waals surface area contributed by atoms with Crippen LogP contribution in [-0.2, 0) is 12.0 Å². The van der Waals surface area contributed by atoms with Gasteiger partial charge in [-0.2, -0.15) is 0 Å². The molecule has 1 aliphatic carbocycles. The summed E-state index contributed by atoms with van der Waals surface area (Å²) in [5.74, 6) is 0.751. The fraction of sp³-hybridized carbons (Fsp3) is 0.727. The minimum atomic E-state index is -0.226. The molecule has 1 saturated carbocycles. The Kier molecular flexibility index (Phi) is 2.40. The van der Waals surface area contributed by atoms with Crippen LogP contribution in [0.3, 0.4) is 0 Å². The Bertz CT molecular complexity index is 332. The van der Waals surface area contributed by atoms with Gasteiger partial charge in [-0.25, -0.2) is 4.98 Å². The van der Waals surface area contributed by atoms with Crippen LogP contribution in [0, 0.1) is 0 Å². The topological polar surface area (TPSA) is 38.9 Å². The van der Waals surface area contributed by atoms with Gasteiger partial charge in [0, 0.05) is 16.3 Å². The molecule has 1 aromatic rings. The van der Waals surface area contributed by atoms with E-state index in [9.17, 15) is 0 Å². The zero-order valence-electron chi connectivity index (χ0n) is 9.13. The lowest BCUT2D eigenvalue weighted by molar-refractivity contribution is 0.559. The molecule has 78 valence electrons. The zero-order valence-corrected chi connectivity index (χ0v) is 9.95. The molecule has 2 N–H and O–H groups in total. The predicted molar refractivity (Wildman–Crippen MR) is 60.7 cm³/mol. The fourth-order valence-electron chi connectivity index (χ4n) is 1.62. The Balaban J connectivity index is 2.37. The Morgan fingerprint density at radius 3 is 2.50 bits per heavy atom. The monoisotopic (exact) mass is 210 g/mol. The molecule has 0 aliphatic heterocycles. The summed E-state index contributed by atoms with van der Waals surface area (Å²) >= 11 is 1.83. The molecule has 1 heterocycles. The minimum Gasteiger partial charge on any atom is -0.321 e. The summed E-state index contributed by atoms with van der Waals surface area (Å²) in [6.45, 7) is 6.29. The van der Waals surface area contributed by atoms with Gasteiger partial charge in [0.15, 0.2) is 0 Å². The number of nitrogens with zero attached hydrogens (tertiary/aromatic N) is 1. The van der Waals surface area contributed by atoms with Crippen molar-refractivity contribution >= 4 is 11.3 Å². The van der Waals surface area contributed by atoms with Gasteiger partial charge in [0.2, 0.25) is 0 Å². The molecule has 3 heteroatoms. The normalized spacial score (nSPS) is 17.4. The molecule has 0 bridgehead atoms. The highest BCUT2D eigenvalue weighted by Gasteiger charge is 2.30. The first kappa shape index (κ1) is 10.1. The van der Waals surface area contributed by atoms with E-state index >= 15 is 0 Å². The van der Waals surface area contributed by atoms with Crippen molar-refractivity contribution in [2.24, 2.45) is 5.73 Å². The fourth-order valence-corrected chi connectivity index (χ4v) is 2.96. The van der Waals surface area contributed by atoms with Gasteiger partial charge in [-0.3, -0.25) is 0 Å². The number of aryl methyl sites for hydroxylation is 1. The molecule has 1 aromatic heterocycles. The minimum absolute atomic E-state index is 0.226. The molecule has 0 amide bonds. The Morgan fingerprint density at radius 2 is 2.14 bits per heavy atom. The number of rotatable bonds is 3. The van der Waals surface area contributed by atoms with Crippen molar-refractivity contribution in [2.45, 2.75) is 51.5 Å². The third-order valence-electron chi connectivity index (χ3n) is 2.56. The van der Waals surface area contributed by atoms with Gasteiger partial charge in [0.25, 0.3) is 0 Å². The molecule has 2 nitrogen and oxygen atoms in total. The van der Waals surface area contributed by atoms with Crippen molar-refractivity contribution < 1.29 is 0 Å². The van der Waals surface area contributed by atoms with Gasteiger partial charge in [0.1, 0.15) is 0 Å². The van der Waals surface area contributed by atoms with E-state index in [0.29, 0.717) is 0 Å². The number of aromatic nitrogens is 1. The highest BCUT2D eigenvalue weighted by Crippen LogP contribution is 2.44. The van der Waals surface area contributed by atoms with Crippen LogP contribution < -0.4 is 5.73 Å². The van der Waals surface area contributed by atoms with Crippen molar-refractivity contribution in [1.82, 2.24) is 4.98 Å². The lowest BCUT2D eigenvalue weighted by Gasteiger charge is -2.17. The first-order valence-electron chi connectivity index (χ1n) is 5.31. The van der Waals surface area contributed by atoms with Crippen LogP contribution in [0.25, 0.3) is 0 Å². The molecule has 0 unspecified atom stereocenters. The second kappa shape index (κ2) is 3.31. The summed E-state index contributed by atoms with van der Waals surface area (Å²) in [7, 11) is 0. The third-order valence-corrected chi connectivity index (χ3v) is 4.16. The number of hydrogen-bond donors (Lipinski definition) is 1. The largest absolute Gasteiger partial charge is 0.321 e. The van der Waals surface area contributed by atoms with Gasteiger partial charge in [-0.15, -0.1) is 11.3 Å². The summed E-state index contributed by atoms with van der Waals surface area (Å²) < 4.78 is 0. The van der Waals surface area contributed by atoms with Gasteiger partial charge in [-0.05, 0) is 33.1 Å². The van der Waals surface area contributed by atoms with Crippen LogP contribution >= 0.6 is 11.3 Å². The smallest absolute Gasteiger partial charge is 0.0962 e. The van der Waals surface area contributed by atoms with Crippen LogP contribution in [0.5, 0.6) is 0 Å². The van der Waals surface area contributed by atoms with Crippen molar-refractivity contribution in [3.05, 3.63) is 15.6 Å². The average Bonchev–Trinajstić information content (AvgIpc) is 2.83. The molecular formula is C11H18N2S. The van der Waals surface area contributed by atoms with E-state index in [1.54, 1.807) is 0 Å². The van der Waals surface area contributed by atoms with E-state index in [1.807, 2.05) is 11.3 Å². The van der Waals surface area contributed by atoms with Crippen molar-refractivity contribution in [3.63, 3.8) is 0 Å². The Labute approximate surface area is 89.5 Å². The highest BCUT2D eigenvalue weighted by atomic mass is 32.1. The maximum atomic E-state index is 6.14. The van der Waals surface area contributed by atoms with E-state index in [-0.39, 0.29) is 5.54 Å².